The second-order valence-electron chi connectivity index (χ2n) is 8.79. The van der Waals surface area contributed by atoms with Crippen molar-refractivity contribution in [1.82, 2.24) is 10.0 Å². The third kappa shape index (κ3) is 9.04. The Morgan fingerprint density at radius 3 is 2.11 bits per heavy atom. The van der Waals surface area contributed by atoms with Gasteiger partial charge in [-0.15, -0.1) is 0 Å². The van der Waals surface area contributed by atoms with Crippen LogP contribution in [0.2, 0.25) is 0 Å². The van der Waals surface area contributed by atoms with Gasteiger partial charge < -0.3 is 54.0 Å². The first-order valence-corrected chi connectivity index (χ1v) is 12.5. The van der Waals surface area contributed by atoms with Crippen molar-refractivity contribution in [1.29, 1.82) is 0 Å². The fraction of sp³-hybridized carbons (Fsp3) is 0.864. The summed E-state index contributed by atoms with van der Waals surface area (Å²) in [6.45, 7) is 3.83. The Balaban J connectivity index is 1.75. The molecule has 16 nitrogen and oxygen atoms in total. The van der Waals surface area contributed by atoms with E-state index in [0.29, 0.717) is 52.6 Å². The van der Waals surface area contributed by atoms with Gasteiger partial charge in [0.05, 0.1) is 78.2 Å². The highest BCUT2D eigenvalue weighted by Crippen LogP contribution is 2.26. The zero-order valence-electron chi connectivity index (χ0n) is 21.2. The monoisotopic (exact) mass is 550 g/mol. The fourth-order valence-electron chi connectivity index (χ4n) is 3.96. The van der Waals surface area contributed by atoms with Crippen molar-refractivity contribution in [2.24, 2.45) is 10.2 Å². The number of hydrogen-bond donors (Lipinski definition) is 5. The molecule has 0 aliphatic carbocycles. The molecule has 0 spiro atoms. The van der Waals surface area contributed by atoms with Crippen LogP contribution in [0.3, 0.4) is 0 Å². The zero-order valence-corrected chi connectivity index (χ0v) is 21.2. The number of hydrogen-bond acceptors (Lipinski definition) is 16. The van der Waals surface area contributed by atoms with E-state index in [9.17, 15) is 30.3 Å². The number of esters is 1. The number of ether oxygens (including phenoxy) is 6. The highest BCUT2D eigenvalue weighted by molar-refractivity contribution is 5.66. The summed E-state index contributed by atoms with van der Waals surface area (Å²) in [7, 11) is 0. The Kier molecular flexibility index (Phi) is 12.5. The molecule has 38 heavy (non-hydrogen) atoms. The number of morpholine rings is 2. The number of aliphatic hydroxyl groups excluding tert-OH is 5. The molecule has 3 fully saturated rings. The lowest BCUT2D eigenvalue weighted by Gasteiger charge is -2.42. The summed E-state index contributed by atoms with van der Waals surface area (Å²) in [5, 5.41) is 63.1. The molecule has 3 heterocycles. The van der Waals surface area contributed by atoms with E-state index in [0.717, 1.165) is 13.1 Å². The Hall–Kier alpha value is -1.99. The fourth-order valence-corrected chi connectivity index (χ4v) is 3.96. The molecule has 0 aromatic heterocycles. The van der Waals surface area contributed by atoms with Crippen LogP contribution in [0.4, 0.5) is 0 Å². The maximum absolute atomic E-state index is 11.5. The molecule has 0 bridgehead atoms. The standard InChI is InChI=1S/C22H38N4O12/c1-14(29)35-21-19(31)17(13-28)38-22(20(21)32)37-15(10-23-25-2-6-33-7-3-25)16(12-27)36-18(30)11-24-26-4-8-34-9-5-26/h10-11,15-22,27-28,30-32H,2-9,12-13H2,1H3/b23-10-,24-11+/t15-,16+,17-,18-,19-,20+,21-,22-/m0/s1. The zero-order chi connectivity index (χ0) is 27.5. The largest absolute Gasteiger partial charge is 0.457 e. The summed E-state index contributed by atoms with van der Waals surface area (Å²) in [5.41, 5.74) is 0. The van der Waals surface area contributed by atoms with Crippen LogP contribution in [0.1, 0.15) is 6.92 Å². The number of carbonyl (C=O) groups is 1. The molecule has 0 amide bonds. The minimum Gasteiger partial charge on any atom is -0.457 e. The number of nitrogens with zero attached hydrogens (tertiary/aromatic N) is 4. The number of aliphatic hydroxyl groups is 5. The van der Waals surface area contributed by atoms with Crippen molar-refractivity contribution in [3.8, 4) is 0 Å². The van der Waals surface area contributed by atoms with Gasteiger partial charge in [0.25, 0.3) is 0 Å². The molecule has 0 saturated carbocycles. The quantitative estimate of drug-likeness (QED) is 0.0895. The van der Waals surface area contributed by atoms with Crippen molar-refractivity contribution < 1.29 is 58.7 Å². The van der Waals surface area contributed by atoms with Gasteiger partial charge in [-0.2, -0.15) is 10.2 Å². The average molecular weight is 551 g/mol. The third-order valence-electron chi connectivity index (χ3n) is 5.99. The van der Waals surface area contributed by atoms with Gasteiger partial charge in [-0.25, -0.2) is 0 Å². The van der Waals surface area contributed by atoms with Crippen LogP contribution in [-0.2, 0) is 33.2 Å². The second-order valence-corrected chi connectivity index (χ2v) is 8.79. The first-order valence-electron chi connectivity index (χ1n) is 12.5. The molecule has 16 heteroatoms. The maximum atomic E-state index is 11.5. The molecule has 5 N–H and O–H groups in total. The van der Waals surface area contributed by atoms with Gasteiger partial charge in [-0.3, -0.25) is 14.8 Å². The minimum absolute atomic E-state index is 0.462. The predicted molar refractivity (Wildman–Crippen MR) is 128 cm³/mol. The molecule has 0 unspecified atom stereocenters. The van der Waals surface area contributed by atoms with Gasteiger partial charge in [0.1, 0.15) is 30.5 Å². The summed E-state index contributed by atoms with van der Waals surface area (Å²) in [5.74, 6) is -0.768. The number of hydrazone groups is 2. The molecule has 0 aromatic rings. The highest BCUT2D eigenvalue weighted by atomic mass is 16.7. The lowest BCUT2D eigenvalue weighted by Crippen LogP contribution is -2.61. The minimum atomic E-state index is -1.66. The smallest absolute Gasteiger partial charge is 0.303 e. The summed E-state index contributed by atoms with van der Waals surface area (Å²) in [6.07, 6.45) is -8.91. The van der Waals surface area contributed by atoms with Crippen molar-refractivity contribution >= 4 is 18.4 Å². The lowest BCUT2D eigenvalue weighted by atomic mass is 9.99. The Bertz CT molecular complexity index is 765. The highest BCUT2D eigenvalue weighted by Gasteiger charge is 2.48. The molecular weight excluding hydrogens is 512 g/mol. The second kappa shape index (κ2) is 15.6. The molecule has 3 aliphatic heterocycles. The van der Waals surface area contributed by atoms with E-state index in [1.54, 1.807) is 10.0 Å². The van der Waals surface area contributed by atoms with Crippen molar-refractivity contribution in [3.63, 3.8) is 0 Å². The Morgan fingerprint density at radius 1 is 1.00 bits per heavy atom. The Morgan fingerprint density at radius 2 is 1.58 bits per heavy atom. The van der Waals surface area contributed by atoms with E-state index < -0.39 is 68.4 Å². The van der Waals surface area contributed by atoms with Crippen LogP contribution in [0.25, 0.3) is 0 Å². The van der Waals surface area contributed by atoms with E-state index in [2.05, 4.69) is 10.2 Å². The Labute approximate surface area is 219 Å². The summed E-state index contributed by atoms with van der Waals surface area (Å²) < 4.78 is 32.5. The third-order valence-corrected chi connectivity index (χ3v) is 5.99. The van der Waals surface area contributed by atoms with Crippen LogP contribution in [0.15, 0.2) is 10.2 Å². The molecular formula is C22H38N4O12. The van der Waals surface area contributed by atoms with Crippen LogP contribution < -0.4 is 0 Å². The van der Waals surface area contributed by atoms with Gasteiger partial charge in [-0.05, 0) is 0 Å². The van der Waals surface area contributed by atoms with Gasteiger partial charge in [0.15, 0.2) is 18.7 Å². The summed E-state index contributed by atoms with van der Waals surface area (Å²) in [4.78, 5) is 11.5. The van der Waals surface area contributed by atoms with Crippen LogP contribution in [0, 0.1) is 0 Å². The molecule has 3 aliphatic rings. The molecule has 8 atom stereocenters. The normalized spacial score (nSPS) is 31.5. The SMILES string of the molecule is CC(=O)O[C@H]1[C@@H](O)[C@H](CO)O[C@H](O[C@@H](/C=N\N2CCOCC2)[C@@H](CO)O[C@H](O)/C=N/N2CCOCC2)[C@@H]1O. The van der Waals surface area contributed by atoms with Gasteiger partial charge in [0, 0.05) is 6.92 Å². The summed E-state index contributed by atoms with van der Waals surface area (Å²) >= 11 is 0. The van der Waals surface area contributed by atoms with Crippen molar-refractivity contribution in [2.45, 2.75) is 56.1 Å². The topological polar surface area (TPSA) is 205 Å². The van der Waals surface area contributed by atoms with Crippen molar-refractivity contribution in [3.05, 3.63) is 0 Å². The van der Waals surface area contributed by atoms with Crippen molar-refractivity contribution in [2.75, 3.05) is 65.8 Å². The molecule has 0 aromatic carbocycles. The average Bonchev–Trinajstić information content (AvgIpc) is 2.93. The van der Waals surface area contributed by atoms with E-state index in [4.69, 9.17) is 28.4 Å². The molecule has 3 rings (SSSR count). The van der Waals surface area contributed by atoms with Crippen LogP contribution in [0.5, 0.6) is 0 Å². The van der Waals surface area contributed by atoms with E-state index in [1.807, 2.05) is 0 Å². The van der Waals surface area contributed by atoms with E-state index in [-0.39, 0.29) is 0 Å². The van der Waals surface area contributed by atoms with Crippen LogP contribution >= 0.6 is 0 Å². The van der Waals surface area contributed by atoms with Gasteiger partial charge in [-0.1, -0.05) is 0 Å². The van der Waals surface area contributed by atoms with E-state index >= 15 is 0 Å². The maximum Gasteiger partial charge on any atom is 0.303 e. The van der Waals surface area contributed by atoms with E-state index in [1.165, 1.54) is 6.21 Å². The first-order chi connectivity index (χ1) is 18.3. The van der Waals surface area contributed by atoms with Gasteiger partial charge >= 0.3 is 5.97 Å². The van der Waals surface area contributed by atoms with Gasteiger partial charge in [0.2, 0.25) is 0 Å². The molecule has 3 saturated heterocycles. The van der Waals surface area contributed by atoms with Crippen LogP contribution in [-0.4, -0.2) is 169 Å². The predicted octanol–water partition coefficient (Wildman–Crippen LogP) is -3.93. The number of rotatable bonds is 12. The summed E-state index contributed by atoms with van der Waals surface area (Å²) in [6, 6.07) is 0. The first kappa shape index (κ1) is 30.6. The number of carbonyl (C=O) groups excluding carboxylic acids is 1. The lowest BCUT2D eigenvalue weighted by molar-refractivity contribution is -0.315. The molecule has 218 valence electrons. The molecule has 0 radical (unpaired) electrons.